The highest BCUT2D eigenvalue weighted by Gasteiger charge is 2.24. The molecule has 1 saturated heterocycles. The highest BCUT2D eigenvalue weighted by Crippen LogP contribution is 2.40. The smallest absolute Gasteiger partial charge is 0.231 e. The molecule has 0 bridgehead atoms. The first-order valence-electron chi connectivity index (χ1n) is 5.07. The highest BCUT2D eigenvalue weighted by atomic mass is 35.5. The van der Waals surface area contributed by atoms with Crippen LogP contribution in [0.1, 0.15) is 24.4 Å². The Morgan fingerprint density at radius 3 is 3.00 bits per heavy atom. The molecular weight excluding hydrogens is 214 g/mol. The van der Waals surface area contributed by atoms with Crippen molar-refractivity contribution in [3.8, 4) is 11.5 Å². The Morgan fingerprint density at radius 2 is 2.20 bits per heavy atom. The molecule has 1 aromatic carbocycles. The molecule has 2 aliphatic rings. The molecule has 1 N–H and O–H groups in total. The van der Waals surface area contributed by atoms with Crippen LogP contribution in [0, 0.1) is 0 Å². The topological polar surface area (TPSA) is 30.5 Å². The number of halogens is 1. The van der Waals surface area contributed by atoms with E-state index in [0.29, 0.717) is 12.8 Å². The number of fused-ring (bicyclic) bond motifs is 1. The summed E-state index contributed by atoms with van der Waals surface area (Å²) in [5, 5.41) is 3.47. The molecule has 0 amide bonds. The first-order valence-corrected chi connectivity index (χ1v) is 5.07. The highest BCUT2D eigenvalue weighted by molar-refractivity contribution is 5.85. The fourth-order valence-electron chi connectivity index (χ4n) is 2.18. The average Bonchev–Trinajstić information content (AvgIpc) is 2.88. The maximum atomic E-state index is 5.48. The van der Waals surface area contributed by atoms with Gasteiger partial charge in [-0.2, -0.15) is 0 Å². The standard InChI is InChI=1S/C11H13NO2.ClH/c1-3-8(9-4-2-6-12-9)11-10(5-1)13-7-14-11;/h1,3,5,9,12H,2,4,6-7H2;1H/t9-;/m0./s1. The van der Waals surface area contributed by atoms with Crippen LogP contribution in [0.25, 0.3) is 0 Å². The van der Waals surface area contributed by atoms with Gasteiger partial charge in [0.15, 0.2) is 11.5 Å². The minimum atomic E-state index is 0. The van der Waals surface area contributed by atoms with Crippen molar-refractivity contribution >= 4 is 12.4 Å². The number of ether oxygens (including phenoxy) is 2. The second-order valence-electron chi connectivity index (χ2n) is 3.73. The summed E-state index contributed by atoms with van der Waals surface area (Å²) in [6.07, 6.45) is 2.44. The van der Waals surface area contributed by atoms with Gasteiger partial charge in [-0.1, -0.05) is 12.1 Å². The molecule has 2 aliphatic heterocycles. The normalized spacial score (nSPS) is 22.5. The SMILES string of the molecule is Cl.c1cc2c(c([C@@H]3CCCN3)c1)OCO2. The zero-order chi connectivity index (χ0) is 9.38. The van der Waals surface area contributed by atoms with Gasteiger partial charge >= 0.3 is 0 Å². The second kappa shape index (κ2) is 4.29. The summed E-state index contributed by atoms with van der Waals surface area (Å²) >= 11 is 0. The Labute approximate surface area is 95.2 Å². The third kappa shape index (κ3) is 1.77. The maximum Gasteiger partial charge on any atom is 0.231 e. The third-order valence-corrected chi connectivity index (χ3v) is 2.86. The van der Waals surface area contributed by atoms with Crippen LogP contribution >= 0.6 is 12.4 Å². The molecule has 2 heterocycles. The first kappa shape index (κ1) is 10.6. The fraction of sp³-hybridized carbons (Fsp3) is 0.455. The fourth-order valence-corrected chi connectivity index (χ4v) is 2.18. The number of benzene rings is 1. The summed E-state index contributed by atoms with van der Waals surface area (Å²) in [5.74, 6) is 1.82. The van der Waals surface area contributed by atoms with Crippen LogP contribution < -0.4 is 14.8 Å². The van der Waals surface area contributed by atoms with Crippen LogP contribution in [0.4, 0.5) is 0 Å². The van der Waals surface area contributed by atoms with Crippen molar-refractivity contribution in [2.45, 2.75) is 18.9 Å². The van der Waals surface area contributed by atoms with Crippen LogP contribution in [-0.4, -0.2) is 13.3 Å². The molecule has 15 heavy (non-hydrogen) atoms. The number of nitrogens with one attached hydrogen (secondary N) is 1. The van der Waals surface area contributed by atoms with Gasteiger partial charge < -0.3 is 14.8 Å². The van der Waals surface area contributed by atoms with Crippen molar-refractivity contribution in [2.24, 2.45) is 0 Å². The average molecular weight is 228 g/mol. The van der Waals surface area contributed by atoms with E-state index < -0.39 is 0 Å². The van der Waals surface area contributed by atoms with Gasteiger partial charge in [0.05, 0.1) is 0 Å². The molecule has 0 unspecified atom stereocenters. The Balaban J connectivity index is 0.000000853. The van der Waals surface area contributed by atoms with Gasteiger partial charge in [-0.05, 0) is 25.5 Å². The number of hydrogen-bond donors (Lipinski definition) is 1. The molecule has 3 rings (SSSR count). The molecule has 0 radical (unpaired) electrons. The molecule has 1 atom stereocenters. The van der Waals surface area contributed by atoms with E-state index in [9.17, 15) is 0 Å². The van der Waals surface area contributed by atoms with E-state index in [1.807, 2.05) is 12.1 Å². The van der Waals surface area contributed by atoms with E-state index in [1.54, 1.807) is 0 Å². The number of rotatable bonds is 1. The van der Waals surface area contributed by atoms with E-state index in [2.05, 4.69) is 11.4 Å². The van der Waals surface area contributed by atoms with Crippen LogP contribution in [0.5, 0.6) is 11.5 Å². The van der Waals surface area contributed by atoms with Crippen LogP contribution in [-0.2, 0) is 0 Å². The van der Waals surface area contributed by atoms with E-state index in [-0.39, 0.29) is 12.4 Å². The molecule has 0 aliphatic carbocycles. The molecule has 1 aromatic rings. The lowest BCUT2D eigenvalue weighted by Crippen LogP contribution is -2.13. The molecule has 0 aromatic heterocycles. The van der Waals surface area contributed by atoms with Crippen molar-refractivity contribution in [1.29, 1.82) is 0 Å². The second-order valence-corrected chi connectivity index (χ2v) is 3.73. The Kier molecular flexibility index (Phi) is 3.03. The van der Waals surface area contributed by atoms with Gasteiger partial charge in [-0.25, -0.2) is 0 Å². The van der Waals surface area contributed by atoms with Gasteiger partial charge in [0.2, 0.25) is 6.79 Å². The van der Waals surface area contributed by atoms with Crippen LogP contribution in [0.3, 0.4) is 0 Å². The van der Waals surface area contributed by atoms with Crippen LogP contribution in [0.15, 0.2) is 18.2 Å². The lowest BCUT2D eigenvalue weighted by molar-refractivity contribution is 0.173. The summed E-state index contributed by atoms with van der Waals surface area (Å²) in [7, 11) is 0. The van der Waals surface area contributed by atoms with Gasteiger partial charge in [-0.3, -0.25) is 0 Å². The quantitative estimate of drug-likeness (QED) is 0.799. The number of hydrogen-bond acceptors (Lipinski definition) is 3. The molecule has 0 saturated carbocycles. The number of para-hydroxylation sites is 1. The monoisotopic (exact) mass is 227 g/mol. The molecule has 1 fully saturated rings. The lowest BCUT2D eigenvalue weighted by atomic mass is 10.0. The molecular formula is C11H14ClNO2. The van der Waals surface area contributed by atoms with Gasteiger partial charge in [0, 0.05) is 11.6 Å². The van der Waals surface area contributed by atoms with Gasteiger partial charge in [0.1, 0.15) is 0 Å². The zero-order valence-electron chi connectivity index (χ0n) is 8.36. The third-order valence-electron chi connectivity index (χ3n) is 2.86. The predicted octanol–water partition coefficient (Wildman–Crippen LogP) is 2.26. The summed E-state index contributed by atoms with van der Waals surface area (Å²) in [6.45, 7) is 1.47. The minimum absolute atomic E-state index is 0. The van der Waals surface area contributed by atoms with E-state index >= 15 is 0 Å². The molecule has 0 spiro atoms. The van der Waals surface area contributed by atoms with Crippen molar-refractivity contribution in [3.05, 3.63) is 23.8 Å². The Hall–Kier alpha value is -0.930. The summed E-state index contributed by atoms with van der Waals surface area (Å²) < 4.78 is 10.8. The van der Waals surface area contributed by atoms with Crippen molar-refractivity contribution in [3.63, 3.8) is 0 Å². The maximum absolute atomic E-state index is 5.48. The van der Waals surface area contributed by atoms with E-state index in [0.717, 1.165) is 18.0 Å². The van der Waals surface area contributed by atoms with E-state index in [4.69, 9.17) is 9.47 Å². The lowest BCUT2D eigenvalue weighted by Gasteiger charge is -2.12. The van der Waals surface area contributed by atoms with Crippen molar-refractivity contribution in [2.75, 3.05) is 13.3 Å². The van der Waals surface area contributed by atoms with Gasteiger partial charge in [0.25, 0.3) is 0 Å². The van der Waals surface area contributed by atoms with Crippen molar-refractivity contribution in [1.82, 2.24) is 5.32 Å². The predicted molar refractivity (Wildman–Crippen MR) is 59.8 cm³/mol. The zero-order valence-corrected chi connectivity index (χ0v) is 9.18. The molecule has 4 heteroatoms. The molecule has 82 valence electrons. The summed E-state index contributed by atoms with van der Waals surface area (Å²) in [6, 6.07) is 6.56. The Morgan fingerprint density at radius 1 is 1.27 bits per heavy atom. The summed E-state index contributed by atoms with van der Waals surface area (Å²) in [5.41, 5.74) is 1.25. The van der Waals surface area contributed by atoms with Crippen molar-refractivity contribution < 1.29 is 9.47 Å². The van der Waals surface area contributed by atoms with E-state index in [1.165, 1.54) is 18.4 Å². The molecule has 3 nitrogen and oxygen atoms in total. The van der Waals surface area contributed by atoms with Gasteiger partial charge in [-0.15, -0.1) is 12.4 Å². The summed E-state index contributed by atoms with van der Waals surface area (Å²) in [4.78, 5) is 0. The Bertz CT molecular complexity index is 350. The minimum Gasteiger partial charge on any atom is -0.454 e. The first-order chi connectivity index (χ1) is 6.95. The van der Waals surface area contributed by atoms with Crippen LogP contribution in [0.2, 0.25) is 0 Å². The largest absolute Gasteiger partial charge is 0.454 e.